The first-order valence-electron chi connectivity index (χ1n) is 5.54. The van der Waals surface area contributed by atoms with Crippen molar-refractivity contribution in [1.29, 1.82) is 0 Å². The molecule has 1 aliphatic heterocycles. The number of hydrogen-bond acceptors (Lipinski definition) is 3. The summed E-state index contributed by atoms with van der Waals surface area (Å²) in [6, 6.07) is 0. The maximum absolute atomic E-state index is 11.7. The van der Waals surface area contributed by atoms with Crippen LogP contribution < -0.4 is 0 Å². The van der Waals surface area contributed by atoms with Crippen LogP contribution in [0.1, 0.15) is 40.0 Å². The molecule has 15 heavy (non-hydrogen) atoms. The van der Waals surface area contributed by atoms with Crippen LogP contribution in [0.2, 0.25) is 0 Å². The van der Waals surface area contributed by atoms with Crippen LogP contribution in [0.25, 0.3) is 0 Å². The van der Waals surface area contributed by atoms with E-state index in [1.807, 2.05) is 20.8 Å². The highest BCUT2D eigenvalue weighted by atomic mass is 16.6. The Labute approximate surface area is 91.2 Å². The molecule has 1 saturated heterocycles. The van der Waals surface area contributed by atoms with Gasteiger partial charge >= 0.3 is 6.09 Å². The molecule has 1 fully saturated rings. The second kappa shape index (κ2) is 4.84. The van der Waals surface area contributed by atoms with Crippen LogP contribution in [0.4, 0.5) is 4.79 Å². The third-order valence-corrected chi connectivity index (χ3v) is 2.35. The molecule has 1 atom stereocenters. The SMILES string of the molecule is CC(C)(C)OC(=O)N1CCC[C@H](O)CC1. The number of hydrogen-bond donors (Lipinski definition) is 1. The van der Waals surface area contributed by atoms with Crippen molar-refractivity contribution in [2.75, 3.05) is 13.1 Å². The molecule has 0 aromatic heterocycles. The lowest BCUT2D eigenvalue weighted by atomic mass is 10.2. The summed E-state index contributed by atoms with van der Waals surface area (Å²) in [6.07, 6.45) is 1.74. The Balaban J connectivity index is 2.45. The monoisotopic (exact) mass is 215 g/mol. The first-order chi connectivity index (χ1) is 6.88. The highest BCUT2D eigenvalue weighted by Crippen LogP contribution is 2.15. The van der Waals surface area contributed by atoms with E-state index >= 15 is 0 Å². The first-order valence-corrected chi connectivity index (χ1v) is 5.54. The van der Waals surface area contributed by atoms with Crippen LogP contribution in [0.3, 0.4) is 0 Å². The van der Waals surface area contributed by atoms with E-state index in [9.17, 15) is 9.90 Å². The van der Waals surface area contributed by atoms with Gasteiger partial charge in [-0.15, -0.1) is 0 Å². The largest absolute Gasteiger partial charge is 0.444 e. The topological polar surface area (TPSA) is 49.8 Å². The van der Waals surface area contributed by atoms with Gasteiger partial charge in [0.05, 0.1) is 6.10 Å². The van der Waals surface area contributed by atoms with Crippen LogP contribution in [0, 0.1) is 0 Å². The van der Waals surface area contributed by atoms with Gasteiger partial charge in [0.1, 0.15) is 5.60 Å². The molecule has 1 amide bonds. The minimum atomic E-state index is -0.442. The molecule has 0 unspecified atom stereocenters. The minimum Gasteiger partial charge on any atom is -0.444 e. The fraction of sp³-hybridized carbons (Fsp3) is 0.909. The smallest absolute Gasteiger partial charge is 0.410 e. The van der Waals surface area contributed by atoms with E-state index < -0.39 is 5.60 Å². The second-order valence-electron chi connectivity index (χ2n) is 5.05. The molecule has 0 radical (unpaired) electrons. The summed E-state index contributed by atoms with van der Waals surface area (Å²) in [6.45, 7) is 6.86. The zero-order valence-corrected chi connectivity index (χ0v) is 9.82. The van der Waals surface area contributed by atoms with Crippen LogP contribution in [0.5, 0.6) is 0 Å². The van der Waals surface area contributed by atoms with Crippen LogP contribution >= 0.6 is 0 Å². The van der Waals surface area contributed by atoms with E-state index in [2.05, 4.69) is 0 Å². The third kappa shape index (κ3) is 4.51. The highest BCUT2D eigenvalue weighted by molar-refractivity contribution is 5.68. The predicted octanol–water partition coefficient (Wildman–Crippen LogP) is 1.77. The van der Waals surface area contributed by atoms with Crippen molar-refractivity contribution in [2.24, 2.45) is 0 Å². The zero-order chi connectivity index (χ0) is 11.5. The van der Waals surface area contributed by atoms with Gasteiger partial charge in [0.25, 0.3) is 0 Å². The number of ether oxygens (including phenoxy) is 1. The van der Waals surface area contributed by atoms with E-state index in [0.29, 0.717) is 19.5 Å². The van der Waals surface area contributed by atoms with E-state index in [1.165, 1.54) is 0 Å². The molecule has 88 valence electrons. The first kappa shape index (κ1) is 12.3. The van der Waals surface area contributed by atoms with Crippen LogP contribution in [0.15, 0.2) is 0 Å². The van der Waals surface area contributed by atoms with Gasteiger partial charge in [-0.25, -0.2) is 4.79 Å². The summed E-state index contributed by atoms with van der Waals surface area (Å²) in [4.78, 5) is 13.4. The molecule has 4 nitrogen and oxygen atoms in total. The Morgan fingerprint density at radius 1 is 1.33 bits per heavy atom. The third-order valence-electron chi connectivity index (χ3n) is 2.35. The second-order valence-corrected chi connectivity index (χ2v) is 5.05. The van der Waals surface area contributed by atoms with E-state index in [0.717, 1.165) is 12.8 Å². The van der Waals surface area contributed by atoms with Crippen molar-refractivity contribution in [3.63, 3.8) is 0 Å². The standard InChI is InChI=1S/C11H21NO3/c1-11(2,3)15-10(14)12-7-4-5-9(13)6-8-12/h9,13H,4-8H2,1-3H3/t9-/m0/s1. The highest BCUT2D eigenvalue weighted by Gasteiger charge is 2.24. The summed E-state index contributed by atoms with van der Waals surface area (Å²) in [5.74, 6) is 0. The van der Waals surface area contributed by atoms with Crippen molar-refractivity contribution in [2.45, 2.75) is 51.7 Å². The van der Waals surface area contributed by atoms with Gasteiger partial charge in [-0.05, 0) is 40.0 Å². The number of likely N-dealkylation sites (tertiary alicyclic amines) is 1. The average molecular weight is 215 g/mol. The summed E-state index contributed by atoms with van der Waals surface area (Å²) >= 11 is 0. The lowest BCUT2D eigenvalue weighted by Gasteiger charge is -2.26. The van der Waals surface area contributed by atoms with Crippen molar-refractivity contribution in [3.05, 3.63) is 0 Å². The van der Waals surface area contributed by atoms with Gasteiger partial charge in [-0.1, -0.05) is 0 Å². The predicted molar refractivity (Wildman–Crippen MR) is 57.7 cm³/mol. The van der Waals surface area contributed by atoms with Crippen molar-refractivity contribution in [1.82, 2.24) is 4.90 Å². The molecular weight excluding hydrogens is 194 g/mol. The number of amides is 1. The number of carbonyl (C=O) groups excluding carboxylic acids is 1. The number of carbonyl (C=O) groups is 1. The quantitative estimate of drug-likeness (QED) is 0.670. The lowest BCUT2D eigenvalue weighted by molar-refractivity contribution is 0.0251. The molecule has 1 rings (SSSR count). The lowest BCUT2D eigenvalue weighted by Crippen LogP contribution is -2.37. The Hall–Kier alpha value is -0.770. The van der Waals surface area contributed by atoms with E-state index in [4.69, 9.17) is 4.74 Å². The van der Waals surface area contributed by atoms with Crippen molar-refractivity contribution < 1.29 is 14.6 Å². The molecule has 1 N–H and O–H groups in total. The van der Waals surface area contributed by atoms with Gasteiger partial charge in [-0.3, -0.25) is 0 Å². The number of aliphatic hydroxyl groups is 1. The minimum absolute atomic E-state index is 0.266. The number of aliphatic hydroxyl groups excluding tert-OH is 1. The molecule has 1 aliphatic rings. The molecule has 0 spiro atoms. The fourth-order valence-corrected chi connectivity index (χ4v) is 1.59. The molecule has 4 heteroatoms. The Morgan fingerprint density at radius 3 is 2.60 bits per heavy atom. The normalized spacial score (nSPS) is 23.5. The van der Waals surface area contributed by atoms with Crippen LogP contribution in [-0.4, -0.2) is 40.9 Å². The van der Waals surface area contributed by atoms with Crippen molar-refractivity contribution >= 4 is 6.09 Å². The molecule has 0 aromatic carbocycles. The Bertz CT molecular complexity index is 222. The molecule has 1 heterocycles. The maximum Gasteiger partial charge on any atom is 0.410 e. The fourth-order valence-electron chi connectivity index (χ4n) is 1.59. The number of rotatable bonds is 0. The summed E-state index contributed by atoms with van der Waals surface area (Å²) in [5.41, 5.74) is -0.442. The molecule has 0 aromatic rings. The van der Waals surface area contributed by atoms with E-state index in [-0.39, 0.29) is 12.2 Å². The molecule has 0 aliphatic carbocycles. The summed E-state index contributed by atoms with van der Waals surface area (Å²) in [7, 11) is 0. The van der Waals surface area contributed by atoms with Gasteiger partial charge in [0.15, 0.2) is 0 Å². The zero-order valence-electron chi connectivity index (χ0n) is 9.82. The molecule has 0 saturated carbocycles. The van der Waals surface area contributed by atoms with Crippen LogP contribution in [-0.2, 0) is 4.74 Å². The maximum atomic E-state index is 11.7. The summed E-state index contributed by atoms with van der Waals surface area (Å²) < 4.78 is 5.27. The molecular formula is C11H21NO3. The number of nitrogens with zero attached hydrogens (tertiary/aromatic N) is 1. The Kier molecular flexibility index (Phi) is 3.97. The summed E-state index contributed by atoms with van der Waals surface area (Å²) in [5, 5.41) is 9.44. The Morgan fingerprint density at radius 2 is 2.00 bits per heavy atom. The van der Waals surface area contributed by atoms with E-state index in [1.54, 1.807) is 4.90 Å². The molecule has 0 bridgehead atoms. The van der Waals surface area contributed by atoms with Crippen molar-refractivity contribution in [3.8, 4) is 0 Å². The van der Waals surface area contributed by atoms with Gasteiger partial charge in [-0.2, -0.15) is 0 Å². The van der Waals surface area contributed by atoms with Gasteiger partial charge in [0, 0.05) is 13.1 Å². The average Bonchev–Trinajstić information content (AvgIpc) is 2.26. The van der Waals surface area contributed by atoms with Gasteiger partial charge < -0.3 is 14.7 Å². The van der Waals surface area contributed by atoms with Gasteiger partial charge in [0.2, 0.25) is 0 Å².